The Kier molecular flexibility index (Phi) is 5.75. The van der Waals surface area contributed by atoms with Crippen LogP contribution in [0.5, 0.6) is 0 Å². The third-order valence-corrected chi connectivity index (χ3v) is 4.38. The van der Waals surface area contributed by atoms with Gasteiger partial charge in [-0.2, -0.15) is 5.26 Å². The van der Waals surface area contributed by atoms with Gasteiger partial charge in [-0.1, -0.05) is 53.6 Å². The van der Waals surface area contributed by atoms with Crippen LogP contribution in [0.3, 0.4) is 0 Å². The molecular weight excluding hydrogens is 387 g/mol. The highest BCUT2D eigenvalue weighted by atomic mass is 35.5. The van der Waals surface area contributed by atoms with Gasteiger partial charge in [-0.15, -0.1) is 0 Å². The summed E-state index contributed by atoms with van der Waals surface area (Å²) >= 11 is 17.4. The first kappa shape index (κ1) is 18.2. The maximum Gasteiger partial charge on any atom is 0.136 e. The minimum atomic E-state index is 0.298. The minimum Gasteiger partial charge on any atom is -0.457 e. The van der Waals surface area contributed by atoms with E-state index < -0.39 is 0 Å². The maximum atomic E-state index is 9.41. The van der Waals surface area contributed by atoms with E-state index in [1.165, 1.54) is 0 Å². The molecule has 1 N–H and O–H groups in total. The first-order chi connectivity index (χ1) is 12.6. The zero-order chi connectivity index (χ0) is 18.5. The monoisotopic (exact) mass is 398 g/mol. The molecule has 0 amide bonds. The number of anilines is 1. The average Bonchev–Trinajstić information content (AvgIpc) is 3.08. The maximum absolute atomic E-state index is 9.41. The van der Waals surface area contributed by atoms with E-state index in [-0.39, 0.29) is 0 Å². The number of rotatable bonds is 4. The second-order valence-electron chi connectivity index (χ2n) is 5.32. The van der Waals surface area contributed by atoms with Gasteiger partial charge in [0.05, 0.1) is 10.6 Å². The van der Waals surface area contributed by atoms with Gasteiger partial charge in [0, 0.05) is 22.3 Å². The van der Waals surface area contributed by atoms with E-state index in [0.717, 1.165) is 11.3 Å². The van der Waals surface area contributed by atoms with Crippen LogP contribution in [-0.2, 0) is 0 Å². The van der Waals surface area contributed by atoms with Crippen LogP contribution in [0.4, 0.5) is 5.69 Å². The summed E-state index contributed by atoms with van der Waals surface area (Å²) in [5, 5.41) is 13.5. The molecule has 0 saturated heterocycles. The summed E-state index contributed by atoms with van der Waals surface area (Å²) in [6, 6.07) is 20.2. The Morgan fingerprint density at radius 2 is 1.85 bits per heavy atom. The van der Waals surface area contributed by atoms with Gasteiger partial charge in [0.2, 0.25) is 0 Å². The molecule has 0 aliphatic heterocycles. The zero-order valence-electron chi connectivity index (χ0n) is 13.4. The van der Waals surface area contributed by atoms with Crippen LogP contribution in [0.1, 0.15) is 5.76 Å². The number of thiocarbonyl (C=S) groups is 1. The van der Waals surface area contributed by atoms with E-state index in [1.54, 1.807) is 36.4 Å². The SMILES string of the molecule is N#C/C(=C\c1ccc(-c2ccc(Cl)cc2Cl)o1)C(=S)Nc1ccccc1. The van der Waals surface area contributed by atoms with E-state index in [9.17, 15) is 5.26 Å². The van der Waals surface area contributed by atoms with Crippen molar-refractivity contribution in [3.05, 3.63) is 82.0 Å². The largest absolute Gasteiger partial charge is 0.457 e. The van der Waals surface area contributed by atoms with E-state index in [0.29, 0.717) is 32.1 Å². The lowest BCUT2D eigenvalue weighted by Crippen LogP contribution is -2.10. The van der Waals surface area contributed by atoms with Crippen LogP contribution in [0.2, 0.25) is 10.0 Å². The number of nitrogens with zero attached hydrogens (tertiary/aromatic N) is 1. The normalized spacial score (nSPS) is 11.0. The molecular formula is C20H12Cl2N2OS. The number of halogens is 2. The quantitative estimate of drug-likeness (QED) is 0.305. The lowest BCUT2D eigenvalue weighted by Gasteiger charge is -2.06. The molecule has 0 aliphatic rings. The Labute approximate surface area is 166 Å². The van der Waals surface area contributed by atoms with Crippen LogP contribution in [0, 0.1) is 11.3 Å². The molecule has 0 atom stereocenters. The van der Waals surface area contributed by atoms with Crippen molar-refractivity contribution in [3.63, 3.8) is 0 Å². The number of nitrogens with one attached hydrogen (secondary N) is 1. The first-order valence-corrected chi connectivity index (χ1v) is 8.76. The van der Waals surface area contributed by atoms with Gasteiger partial charge < -0.3 is 9.73 Å². The molecule has 26 heavy (non-hydrogen) atoms. The summed E-state index contributed by atoms with van der Waals surface area (Å²) in [4.78, 5) is 0.321. The lowest BCUT2D eigenvalue weighted by molar-refractivity contribution is 0.571. The summed E-state index contributed by atoms with van der Waals surface area (Å²) in [5.74, 6) is 1.08. The molecule has 3 rings (SSSR count). The Morgan fingerprint density at radius 3 is 2.54 bits per heavy atom. The number of hydrogen-bond donors (Lipinski definition) is 1. The number of benzene rings is 2. The van der Waals surface area contributed by atoms with Crippen molar-refractivity contribution in [2.45, 2.75) is 0 Å². The van der Waals surface area contributed by atoms with E-state index in [4.69, 9.17) is 39.8 Å². The van der Waals surface area contributed by atoms with Crippen LogP contribution >= 0.6 is 35.4 Å². The van der Waals surface area contributed by atoms with Crippen LogP contribution in [0.25, 0.3) is 17.4 Å². The number of hydrogen-bond acceptors (Lipinski definition) is 3. The molecule has 0 fully saturated rings. The van der Waals surface area contributed by atoms with Gasteiger partial charge in [-0.3, -0.25) is 0 Å². The van der Waals surface area contributed by atoms with Crippen molar-refractivity contribution in [2.75, 3.05) is 5.32 Å². The molecule has 1 heterocycles. The lowest BCUT2D eigenvalue weighted by atomic mass is 10.2. The van der Waals surface area contributed by atoms with E-state index >= 15 is 0 Å². The molecule has 3 aromatic rings. The van der Waals surface area contributed by atoms with Crippen LogP contribution < -0.4 is 5.32 Å². The minimum absolute atomic E-state index is 0.298. The van der Waals surface area contributed by atoms with Crippen molar-refractivity contribution in [1.29, 1.82) is 5.26 Å². The molecule has 128 valence electrons. The summed E-state index contributed by atoms with van der Waals surface area (Å²) in [6.45, 7) is 0. The van der Waals surface area contributed by atoms with Crippen molar-refractivity contribution in [1.82, 2.24) is 0 Å². The Bertz CT molecular complexity index is 1020. The van der Waals surface area contributed by atoms with Crippen molar-refractivity contribution >= 4 is 52.2 Å². The van der Waals surface area contributed by atoms with Crippen LogP contribution in [-0.4, -0.2) is 4.99 Å². The van der Waals surface area contributed by atoms with Gasteiger partial charge in [-0.25, -0.2) is 0 Å². The second kappa shape index (κ2) is 8.20. The van der Waals surface area contributed by atoms with Crippen molar-refractivity contribution in [3.8, 4) is 17.4 Å². The van der Waals surface area contributed by atoms with E-state index in [2.05, 4.69) is 11.4 Å². The third kappa shape index (κ3) is 4.33. The molecule has 0 radical (unpaired) electrons. The average molecular weight is 399 g/mol. The van der Waals surface area contributed by atoms with Gasteiger partial charge in [0.1, 0.15) is 22.6 Å². The Balaban J connectivity index is 1.83. The van der Waals surface area contributed by atoms with Gasteiger partial charge in [0.15, 0.2) is 0 Å². The standard InChI is InChI=1S/C20H12Cl2N2OS/c21-14-6-8-17(18(22)11-14)19-9-7-16(25-19)10-13(12-23)20(26)24-15-4-2-1-3-5-15/h1-11H,(H,24,26)/b13-10+. The highest BCUT2D eigenvalue weighted by Gasteiger charge is 2.11. The predicted octanol–water partition coefficient (Wildman–Crippen LogP) is 6.60. The number of para-hydroxylation sites is 1. The van der Waals surface area contributed by atoms with E-state index in [1.807, 2.05) is 30.3 Å². The highest BCUT2D eigenvalue weighted by Crippen LogP contribution is 2.32. The molecule has 0 bridgehead atoms. The summed E-state index contributed by atoms with van der Waals surface area (Å²) in [7, 11) is 0. The summed E-state index contributed by atoms with van der Waals surface area (Å²) in [6.07, 6.45) is 1.59. The fourth-order valence-electron chi connectivity index (χ4n) is 2.28. The second-order valence-corrected chi connectivity index (χ2v) is 6.57. The zero-order valence-corrected chi connectivity index (χ0v) is 15.7. The molecule has 0 spiro atoms. The third-order valence-electron chi connectivity index (χ3n) is 3.51. The molecule has 6 heteroatoms. The summed E-state index contributed by atoms with van der Waals surface area (Å²) in [5.41, 5.74) is 1.83. The van der Waals surface area contributed by atoms with Crippen molar-refractivity contribution in [2.24, 2.45) is 0 Å². The molecule has 0 unspecified atom stereocenters. The Hall–Kier alpha value is -2.58. The predicted molar refractivity (Wildman–Crippen MR) is 110 cm³/mol. The fourth-order valence-corrected chi connectivity index (χ4v) is 3.00. The molecule has 0 saturated carbocycles. The van der Waals surface area contributed by atoms with Crippen LogP contribution in [0.15, 0.2) is 70.7 Å². The fraction of sp³-hybridized carbons (Fsp3) is 0. The molecule has 2 aromatic carbocycles. The van der Waals surface area contributed by atoms with Gasteiger partial charge in [0.25, 0.3) is 0 Å². The Morgan fingerprint density at radius 1 is 1.08 bits per heavy atom. The number of nitriles is 1. The highest BCUT2D eigenvalue weighted by molar-refractivity contribution is 7.81. The smallest absolute Gasteiger partial charge is 0.136 e. The molecule has 3 nitrogen and oxygen atoms in total. The topological polar surface area (TPSA) is 49.0 Å². The molecule has 0 aliphatic carbocycles. The molecule has 1 aromatic heterocycles. The van der Waals surface area contributed by atoms with Gasteiger partial charge in [-0.05, 0) is 42.5 Å². The number of furan rings is 1. The first-order valence-electron chi connectivity index (χ1n) is 7.60. The summed E-state index contributed by atoms with van der Waals surface area (Å²) < 4.78 is 5.78. The van der Waals surface area contributed by atoms with Crippen molar-refractivity contribution < 1.29 is 4.42 Å². The van der Waals surface area contributed by atoms with Gasteiger partial charge >= 0.3 is 0 Å².